The number of nitrogens with zero attached hydrogens (tertiary/aromatic N) is 4. The van der Waals surface area contributed by atoms with E-state index in [4.69, 9.17) is 22.3 Å². The van der Waals surface area contributed by atoms with Crippen LogP contribution in [0, 0.1) is 5.82 Å². The minimum atomic E-state index is -0.489. The largest absolute Gasteiger partial charge is 0.383 e. The summed E-state index contributed by atoms with van der Waals surface area (Å²) in [6.45, 7) is 1.98. The lowest BCUT2D eigenvalue weighted by Crippen LogP contribution is -2.35. The zero-order chi connectivity index (χ0) is 22.2. The number of rotatable bonds is 4. The molecule has 0 bridgehead atoms. The van der Waals surface area contributed by atoms with Crippen molar-refractivity contribution >= 4 is 34.0 Å². The number of nitrogens with two attached hydrogens (primary N) is 1. The number of piperidine rings is 1. The lowest BCUT2D eigenvalue weighted by atomic mass is 10.0. The van der Waals surface area contributed by atoms with Crippen molar-refractivity contribution in [1.82, 2.24) is 25.1 Å². The second kappa shape index (κ2) is 8.37. The molecule has 164 valence electrons. The Morgan fingerprint density at radius 3 is 2.69 bits per heavy atom. The van der Waals surface area contributed by atoms with Crippen molar-refractivity contribution in [3.05, 3.63) is 53.6 Å². The number of hydrogen-bond donors (Lipinski definition) is 3. The van der Waals surface area contributed by atoms with E-state index in [1.165, 1.54) is 12.1 Å². The summed E-state index contributed by atoms with van der Waals surface area (Å²) >= 11 is 5.96. The van der Waals surface area contributed by atoms with E-state index in [0.717, 1.165) is 48.1 Å². The van der Waals surface area contributed by atoms with Crippen LogP contribution in [-0.4, -0.2) is 38.9 Å². The van der Waals surface area contributed by atoms with E-state index in [-0.39, 0.29) is 5.02 Å². The SMILES string of the molecule is Cn1cc(-c2cc3nc(-c4ccc(F)c(Cl)c4)nc(N)c3cc2NC2CCNCC2)cn1. The van der Waals surface area contributed by atoms with Gasteiger partial charge in [-0.1, -0.05) is 11.6 Å². The Morgan fingerprint density at radius 1 is 1.16 bits per heavy atom. The highest BCUT2D eigenvalue weighted by atomic mass is 35.5. The van der Waals surface area contributed by atoms with Gasteiger partial charge in [-0.2, -0.15) is 5.10 Å². The van der Waals surface area contributed by atoms with Gasteiger partial charge in [0.1, 0.15) is 11.6 Å². The van der Waals surface area contributed by atoms with Crippen molar-refractivity contribution in [2.24, 2.45) is 7.05 Å². The zero-order valence-corrected chi connectivity index (χ0v) is 18.3. The van der Waals surface area contributed by atoms with Gasteiger partial charge in [0.2, 0.25) is 0 Å². The Balaban J connectivity index is 1.64. The normalized spacial score (nSPS) is 14.7. The van der Waals surface area contributed by atoms with Gasteiger partial charge in [0.25, 0.3) is 0 Å². The fraction of sp³-hybridized carbons (Fsp3) is 0.261. The van der Waals surface area contributed by atoms with Crippen LogP contribution in [0.1, 0.15) is 12.8 Å². The van der Waals surface area contributed by atoms with Gasteiger partial charge in [-0.05, 0) is 56.3 Å². The van der Waals surface area contributed by atoms with Gasteiger partial charge in [-0.15, -0.1) is 0 Å². The fourth-order valence-corrected chi connectivity index (χ4v) is 4.25. The first-order valence-electron chi connectivity index (χ1n) is 10.5. The highest BCUT2D eigenvalue weighted by molar-refractivity contribution is 6.31. The number of benzene rings is 2. The molecular formula is C23H23ClFN7. The average Bonchev–Trinajstić information content (AvgIpc) is 3.22. The summed E-state index contributed by atoms with van der Waals surface area (Å²) < 4.78 is 15.4. The second-order valence-electron chi connectivity index (χ2n) is 8.05. The van der Waals surface area contributed by atoms with Crippen LogP contribution in [0.2, 0.25) is 5.02 Å². The first-order valence-corrected chi connectivity index (χ1v) is 10.9. The Labute approximate surface area is 189 Å². The van der Waals surface area contributed by atoms with Crippen LogP contribution in [0.3, 0.4) is 0 Å². The van der Waals surface area contributed by atoms with Crippen LogP contribution >= 0.6 is 11.6 Å². The van der Waals surface area contributed by atoms with Crippen molar-refractivity contribution in [3.63, 3.8) is 0 Å². The first-order chi connectivity index (χ1) is 15.5. The van der Waals surface area contributed by atoms with Crippen molar-refractivity contribution in [1.29, 1.82) is 0 Å². The van der Waals surface area contributed by atoms with E-state index in [0.29, 0.717) is 28.8 Å². The average molecular weight is 452 g/mol. The molecule has 0 saturated carbocycles. The van der Waals surface area contributed by atoms with E-state index >= 15 is 0 Å². The standard InChI is InChI=1S/C23H23ClFN7/c1-32-12-14(11-28-32)16-9-21-17(10-20(16)29-15-4-6-27-7-5-15)22(26)31-23(30-21)13-2-3-19(25)18(24)8-13/h2-3,8-12,15,27,29H,4-7H2,1H3,(H2,26,30,31). The molecule has 0 spiro atoms. The molecule has 1 fully saturated rings. The first kappa shape index (κ1) is 20.7. The van der Waals surface area contributed by atoms with E-state index < -0.39 is 5.82 Å². The predicted octanol–water partition coefficient (Wildman–Crippen LogP) is 4.24. The summed E-state index contributed by atoms with van der Waals surface area (Å²) in [7, 11) is 1.89. The summed E-state index contributed by atoms with van der Waals surface area (Å²) in [6.07, 6.45) is 5.89. The molecule has 7 nitrogen and oxygen atoms in total. The molecule has 0 atom stereocenters. The van der Waals surface area contributed by atoms with Crippen LogP contribution in [0.25, 0.3) is 33.4 Å². The van der Waals surface area contributed by atoms with Gasteiger partial charge in [-0.25, -0.2) is 14.4 Å². The highest BCUT2D eigenvalue weighted by Gasteiger charge is 2.18. The van der Waals surface area contributed by atoms with Crippen LogP contribution in [0.15, 0.2) is 42.7 Å². The quantitative estimate of drug-likeness (QED) is 0.430. The van der Waals surface area contributed by atoms with Crippen molar-refractivity contribution in [2.75, 3.05) is 24.1 Å². The topological polar surface area (TPSA) is 93.7 Å². The molecule has 1 aliphatic heterocycles. The van der Waals surface area contributed by atoms with Crippen LogP contribution in [-0.2, 0) is 7.05 Å². The van der Waals surface area contributed by atoms with Gasteiger partial charge in [0.15, 0.2) is 5.82 Å². The second-order valence-corrected chi connectivity index (χ2v) is 8.45. The molecule has 0 aliphatic carbocycles. The number of halogens is 2. The maximum atomic E-state index is 13.6. The molecular weight excluding hydrogens is 429 g/mol. The smallest absolute Gasteiger partial charge is 0.162 e. The Hall–Kier alpha value is -3.23. The van der Waals surface area contributed by atoms with E-state index in [1.54, 1.807) is 10.7 Å². The molecule has 2 aromatic heterocycles. The lowest BCUT2D eigenvalue weighted by molar-refractivity contribution is 0.479. The number of hydrogen-bond acceptors (Lipinski definition) is 6. The summed E-state index contributed by atoms with van der Waals surface area (Å²) in [4.78, 5) is 9.19. The molecule has 5 rings (SSSR count). The van der Waals surface area contributed by atoms with Crippen LogP contribution in [0.5, 0.6) is 0 Å². The summed E-state index contributed by atoms with van der Waals surface area (Å²) in [6, 6.07) is 8.78. The number of aromatic nitrogens is 4. The van der Waals surface area contributed by atoms with E-state index in [2.05, 4.69) is 20.7 Å². The number of anilines is 2. The third-order valence-electron chi connectivity index (χ3n) is 5.76. The molecule has 1 saturated heterocycles. The number of nitrogen functional groups attached to an aromatic ring is 1. The van der Waals surface area contributed by atoms with Gasteiger partial charge in [-0.3, -0.25) is 4.68 Å². The minimum absolute atomic E-state index is 0.0161. The lowest BCUT2D eigenvalue weighted by Gasteiger charge is -2.26. The highest BCUT2D eigenvalue weighted by Crippen LogP contribution is 2.35. The molecule has 1 aliphatic rings. The molecule has 3 heterocycles. The maximum Gasteiger partial charge on any atom is 0.162 e. The number of fused-ring (bicyclic) bond motifs is 1. The van der Waals surface area contributed by atoms with E-state index in [9.17, 15) is 4.39 Å². The predicted molar refractivity (Wildman–Crippen MR) is 126 cm³/mol. The van der Waals surface area contributed by atoms with E-state index in [1.807, 2.05) is 31.6 Å². The van der Waals surface area contributed by atoms with Gasteiger partial charge in [0.05, 0.1) is 16.7 Å². The summed E-state index contributed by atoms with van der Waals surface area (Å²) in [5, 5.41) is 12.2. The third kappa shape index (κ3) is 3.99. The molecule has 4 N–H and O–H groups in total. The maximum absolute atomic E-state index is 13.6. The Morgan fingerprint density at radius 2 is 1.97 bits per heavy atom. The number of nitrogens with one attached hydrogen (secondary N) is 2. The summed E-state index contributed by atoms with van der Waals surface area (Å²) in [5.74, 6) is 0.265. The van der Waals surface area contributed by atoms with Gasteiger partial charge in [0, 0.05) is 47.1 Å². The molecule has 32 heavy (non-hydrogen) atoms. The van der Waals surface area contributed by atoms with Crippen molar-refractivity contribution in [3.8, 4) is 22.5 Å². The summed E-state index contributed by atoms with van der Waals surface area (Å²) in [5.41, 5.74) is 10.6. The van der Waals surface area contributed by atoms with Crippen LogP contribution in [0.4, 0.5) is 15.9 Å². The molecule has 0 amide bonds. The fourth-order valence-electron chi connectivity index (χ4n) is 4.07. The van der Waals surface area contributed by atoms with Crippen molar-refractivity contribution in [2.45, 2.75) is 18.9 Å². The zero-order valence-electron chi connectivity index (χ0n) is 17.6. The molecule has 0 radical (unpaired) electrons. The van der Waals surface area contributed by atoms with Crippen molar-refractivity contribution < 1.29 is 4.39 Å². The van der Waals surface area contributed by atoms with Gasteiger partial charge < -0.3 is 16.4 Å². The molecule has 9 heteroatoms. The third-order valence-corrected chi connectivity index (χ3v) is 6.05. The minimum Gasteiger partial charge on any atom is -0.383 e. The Bertz CT molecular complexity index is 1300. The molecule has 4 aromatic rings. The van der Waals surface area contributed by atoms with Gasteiger partial charge >= 0.3 is 0 Å². The molecule has 2 aromatic carbocycles. The van der Waals surface area contributed by atoms with Crippen LogP contribution < -0.4 is 16.4 Å². The Kier molecular flexibility index (Phi) is 5.40. The number of aryl methyl sites for hydroxylation is 1. The molecule has 0 unspecified atom stereocenters. The monoisotopic (exact) mass is 451 g/mol.